The van der Waals surface area contributed by atoms with E-state index >= 15 is 0 Å². The summed E-state index contributed by atoms with van der Waals surface area (Å²) < 4.78 is 16.4. The molecule has 25 heavy (non-hydrogen) atoms. The van der Waals surface area contributed by atoms with Crippen molar-refractivity contribution in [3.8, 4) is 17.2 Å². The quantitative estimate of drug-likeness (QED) is 0.754. The first-order valence-electron chi connectivity index (χ1n) is 8.36. The van der Waals surface area contributed by atoms with Crippen molar-refractivity contribution in [1.82, 2.24) is 0 Å². The van der Waals surface area contributed by atoms with Crippen LogP contribution < -0.4 is 19.1 Å². The maximum Gasteiger partial charge on any atom is 0.160 e. The van der Waals surface area contributed by atoms with Gasteiger partial charge in [-0.2, -0.15) is 0 Å². The van der Waals surface area contributed by atoms with E-state index in [1.54, 1.807) is 21.1 Å². The van der Waals surface area contributed by atoms with Crippen molar-refractivity contribution in [2.75, 3.05) is 38.8 Å². The van der Waals surface area contributed by atoms with Gasteiger partial charge in [-0.25, -0.2) is 0 Å². The lowest BCUT2D eigenvalue weighted by Crippen LogP contribution is -2.34. The second-order valence-corrected chi connectivity index (χ2v) is 6.01. The van der Waals surface area contributed by atoms with Crippen LogP contribution in [0.2, 0.25) is 0 Å². The number of methoxy groups -OCH3 is 2. The van der Waals surface area contributed by atoms with E-state index in [1.165, 1.54) is 5.56 Å². The highest BCUT2D eigenvalue weighted by Gasteiger charge is 2.19. The lowest BCUT2D eigenvalue weighted by molar-refractivity contribution is 0.101. The molecule has 0 N–H and O–H groups in total. The van der Waals surface area contributed by atoms with Crippen LogP contribution in [-0.2, 0) is 6.42 Å². The number of fused-ring (bicyclic) bond motifs is 1. The van der Waals surface area contributed by atoms with Crippen LogP contribution in [0.5, 0.6) is 17.2 Å². The average molecular weight is 341 g/mol. The zero-order chi connectivity index (χ0) is 17.8. The number of ketones is 1. The second-order valence-electron chi connectivity index (χ2n) is 6.01. The van der Waals surface area contributed by atoms with Crippen LogP contribution in [0.1, 0.15) is 22.8 Å². The van der Waals surface area contributed by atoms with Crippen LogP contribution in [-0.4, -0.2) is 39.7 Å². The van der Waals surface area contributed by atoms with Gasteiger partial charge in [0.25, 0.3) is 0 Å². The molecule has 0 radical (unpaired) electrons. The number of ether oxygens (including phenoxy) is 3. The van der Waals surface area contributed by atoms with Crippen molar-refractivity contribution in [2.45, 2.75) is 13.3 Å². The number of benzene rings is 2. The normalized spacial score (nSPS) is 13.0. The largest absolute Gasteiger partial charge is 0.493 e. The van der Waals surface area contributed by atoms with E-state index in [0.29, 0.717) is 12.2 Å². The van der Waals surface area contributed by atoms with Gasteiger partial charge < -0.3 is 19.1 Å². The molecule has 0 unspecified atom stereocenters. The van der Waals surface area contributed by atoms with Gasteiger partial charge in [-0.3, -0.25) is 4.79 Å². The molecular weight excluding hydrogens is 318 g/mol. The summed E-state index contributed by atoms with van der Waals surface area (Å²) in [4.78, 5) is 13.9. The molecule has 5 nitrogen and oxygen atoms in total. The average Bonchev–Trinajstić information content (AvgIpc) is 2.65. The van der Waals surface area contributed by atoms with E-state index in [2.05, 4.69) is 11.0 Å². The minimum absolute atomic E-state index is 0.0632. The van der Waals surface area contributed by atoms with Crippen LogP contribution in [0, 0.1) is 0 Å². The molecule has 0 atom stereocenters. The van der Waals surface area contributed by atoms with Crippen molar-refractivity contribution in [2.24, 2.45) is 0 Å². The van der Waals surface area contributed by atoms with Gasteiger partial charge in [0.05, 0.1) is 26.5 Å². The monoisotopic (exact) mass is 341 g/mol. The summed E-state index contributed by atoms with van der Waals surface area (Å²) in [6.07, 6.45) is 0.865. The minimum atomic E-state index is 0.0632. The first-order chi connectivity index (χ1) is 12.1. The van der Waals surface area contributed by atoms with Gasteiger partial charge in [0, 0.05) is 12.1 Å². The predicted molar refractivity (Wildman–Crippen MR) is 97.4 cm³/mol. The molecule has 0 fully saturated rings. The zero-order valence-corrected chi connectivity index (χ0v) is 14.9. The Balaban J connectivity index is 1.77. The molecule has 132 valence electrons. The van der Waals surface area contributed by atoms with E-state index in [-0.39, 0.29) is 5.78 Å². The Labute approximate surface area is 148 Å². The third-order valence-corrected chi connectivity index (χ3v) is 4.44. The Morgan fingerprint density at radius 3 is 2.64 bits per heavy atom. The Kier molecular flexibility index (Phi) is 5.12. The second kappa shape index (κ2) is 7.47. The molecule has 0 saturated carbocycles. The van der Waals surface area contributed by atoms with Crippen molar-refractivity contribution in [3.63, 3.8) is 0 Å². The summed E-state index contributed by atoms with van der Waals surface area (Å²) in [5.41, 5.74) is 2.87. The van der Waals surface area contributed by atoms with Gasteiger partial charge in [-0.05, 0) is 49.2 Å². The standard InChI is InChI=1S/C20H23NO4/c1-14(22)16-5-7-18-17(13-16)21(10-11-25-18)9-8-15-4-6-19(23-2)20(12-15)24-3/h4-7,12-13H,8-11H2,1-3H3. The highest BCUT2D eigenvalue weighted by atomic mass is 16.5. The highest BCUT2D eigenvalue weighted by molar-refractivity contribution is 5.95. The summed E-state index contributed by atoms with van der Waals surface area (Å²) in [5, 5.41) is 0. The summed E-state index contributed by atoms with van der Waals surface area (Å²) in [6.45, 7) is 3.88. The van der Waals surface area contributed by atoms with E-state index in [9.17, 15) is 4.79 Å². The fourth-order valence-electron chi connectivity index (χ4n) is 3.02. The molecule has 2 aromatic carbocycles. The SMILES string of the molecule is COc1ccc(CCN2CCOc3ccc(C(C)=O)cc32)cc1OC. The Hall–Kier alpha value is -2.69. The minimum Gasteiger partial charge on any atom is -0.493 e. The summed E-state index contributed by atoms with van der Waals surface area (Å²) in [5.74, 6) is 2.37. The topological polar surface area (TPSA) is 48.0 Å². The Morgan fingerprint density at radius 1 is 1.12 bits per heavy atom. The molecule has 1 aliphatic heterocycles. The first-order valence-corrected chi connectivity index (χ1v) is 8.36. The molecule has 0 saturated heterocycles. The number of rotatable bonds is 6. The van der Waals surface area contributed by atoms with E-state index in [1.807, 2.05) is 30.3 Å². The fourth-order valence-corrected chi connectivity index (χ4v) is 3.02. The maximum atomic E-state index is 11.7. The molecular formula is C20H23NO4. The molecule has 5 heteroatoms. The van der Waals surface area contributed by atoms with Crippen LogP contribution in [0.15, 0.2) is 36.4 Å². The molecule has 2 aromatic rings. The van der Waals surface area contributed by atoms with Crippen molar-refractivity contribution in [3.05, 3.63) is 47.5 Å². The summed E-state index contributed by atoms with van der Waals surface area (Å²) >= 11 is 0. The molecule has 0 amide bonds. The number of Topliss-reactive ketones (excluding diaryl/α,β-unsaturated/α-hetero) is 1. The van der Waals surface area contributed by atoms with Crippen LogP contribution in [0.25, 0.3) is 0 Å². The number of nitrogens with zero attached hydrogens (tertiary/aromatic N) is 1. The zero-order valence-electron chi connectivity index (χ0n) is 14.9. The first kappa shape index (κ1) is 17.1. The highest BCUT2D eigenvalue weighted by Crippen LogP contribution is 2.33. The van der Waals surface area contributed by atoms with Crippen LogP contribution in [0.3, 0.4) is 0 Å². The number of hydrogen-bond acceptors (Lipinski definition) is 5. The number of anilines is 1. The molecule has 0 aromatic heterocycles. The van der Waals surface area contributed by atoms with Gasteiger partial charge in [-0.15, -0.1) is 0 Å². The lowest BCUT2D eigenvalue weighted by atomic mass is 10.1. The van der Waals surface area contributed by atoms with E-state index < -0.39 is 0 Å². The van der Waals surface area contributed by atoms with Crippen LogP contribution in [0.4, 0.5) is 5.69 Å². The van der Waals surface area contributed by atoms with Gasteiger partial charge in [0.1, 0.15) is 12.4 Å². The predicted octanol–water partition coefficient (Wildman–Crippen LogP) is 3.35. The number of carbonyl (C=O) groups is 1. The molecule has 1 aliphatic rings. The molecule has 0 aliphatic carbocycles. The summed E-state index contributed by atoms with van der Waals surface area (Å²) in [7, 11) is 3.28. The van der Waals surface area contributed by atoms with Gasteiger partial charge in [-0.1, -0.05) is 6.07 Å². The Bertz CT molecular complexity index is 772. The van der Waals surface area contributed by atoms with Crippen molar-refractivity contribution < 1.29 is 19.0 Å². The summed E-state index contributed by atoms with van der Waals surface area (Å²) in [6, 6.07) is 11.6. The fraction of sp³-hybridized carbons (Fsp3) is 0.350. The molecule has 1 heterocycles. The smallest absolute Gasteiger partial charge is 0.160 e. The maximum absolute atomic E-state index is 11.7. The number of carbonyl (C=O) groups excluding carboxylic acids is 1. The molecule has 0 bridgehead atoms. The lowest BCUT2D eigenvalue weighted by Gasteiger charge is -2.31. The van der Waals surface area contributed by atoms with E-state index in [4.69, 9.17) is 14.2 Å². The van der Waals surface area contributed by atoms with Gasteiger partial charge in [0.15, 0.2) is 17.3 Å². The van der Waals surface area contributed by atoms with Crippen LogP contribution >= 0.6 is 0 Å². The van der Waals surface area contributed by atoms with E-state index in [0.717, 1.165) is 42.4 Å². The van der Waals surface area contributed by atoms with Crippen molar-refractivity contribution >= 4 is 11.5 Å². The molecule has 0 spiro atoms. The van der Waals surface area contributed by atoms with Crippen molar-refractivity contribution in [1.29, 1.82) is 0 Å². The number of hydrogen-bond donors (Lipinski definition) is 0. The Morgan fingerprint density at radius 2 is 1.92 bits per heavy atom. The molecule has 3 rings (SSSR count). The van der Waals surface area contributed by atoms with Gasteiger partial charge >= 0.3 is 0 Å². The van der Waals surface area contributed by atoms with Gasteiger partial charge in [0.2, 0.25) is 0 Å². The third kappa shape index (κ3) is 3.71. The third-order valence-electron chi connectivity index (χ3n) is 4.44.